The van der Waals surface area contributed by atoms with Crippen LogP contribution in [0.4, 0.5) is 5.69 Å². The smallest absolute Gasteiger partial charge is 0.296 e. The summed E-state index contributed by atoms with van der Waals surface area (Å²) in [6, 6.07) is 7.69. The Kier molecular flexibility index (Phi) is 4.35. The third-order valence-electron chi connectivity index (χ3n) is 6.98. The maximum atomic E-state index is 13.8. The molecule has 0 aliphatic carbocycles. The number of aromatic amines is 1. The maximum Gasteiger partial charge on any atom is 0.296 e. The molecule has 170 valence electrons. The number of H-pyrrole nitrogens is 1. The molecule has 2 amide bonds. The normalized spacial score (nSPS) is 27.2. The minimum absolute atomic E-state index is 0.125. The average Bonchev–Trinajstić information content (AvgIpc) is 3.48. The summed E-state index contributed by atoms with van der Waals surface area (Å²) in [6.45, 7) is 8.12. The van der Waals surface area contributed by atoms with Gasteiger partial charge in [-0.3, -0.25) is 19.3 Å². The van der Waals surface area contributed by atoms with Crippen LogP contribution >= 0.6 is 0 Å². The standard InChI is InChI=1S/C24H25N5O4/c1-6-22(2,3)23-12-19(32-4)21(31)28-18(11-15-13-25-14-26-15)20(30)27-24(23,28)29(33-5)17-10-8-7-9-16(17)23/h6-14H,1H2,2-5H3,(H,25,26)(H,27,30)/b18-11+. The van der Waals surface area contributed by atoms with E-state index < -0.39 is 28.4 Å². The van der Waals surface area contributed by atoms with Crippen LogP contribution in [0.25, 0.3) is 6.08 Å². The molecule has 1 aromatic heterocycles. The quantitative estimate of drug-likeness (QED) is 0.540. The Morgan fingerprint density at radius 2 is 1.97 bits per heavy atom. The van der Waals surface area contributed by atoms with Crippen LogP contribution in [0.15, 0.2) is 67.0 Å². The number of carbonyl (C=O) groups excluding carboxylic acids is 2. The highest BCUT2D eigenvalue weighted by atomic mass is 16.7. The summed E-state index contributed by atoms with van der Waals surface area (Å²) in [4.78, 5) is 41.6. The van der Waals surface area contributed by atoms with Crippen LogP contribution in [-0.2, 0) is 24.6 Å². The molecule has 33 heavy (non-hydrogen) atoms. The lowest BCUT2D eigenvalue weighted by Gasteiger charge is -2.56. The first-order valence-corrected chi connectivity index (χ1v) is 10.5. The first-order valence-electron chi connectivity index (χ1n) is 10.5. The van der Waals surface area contributed by atoms with E-state index in [9.17, 15) is 9.59 Å². The van der Waals surface area contributed by atoms with Crippen molar-refractivity contribution in [3.8, 4) is 0 Å². The van der Waals surface area contributed by atoms with Gasteiger partial charge in [-0.15, -0.1) is 6.58 Å². The van der Waals surface area contributed by atoms with Crippen molar-refractivity contribution in [1.29, 1.82) is 0 Å². The summed E-state index contributed by atoms with van der Waals surface area (Å²) in [5, 5.41) is 4.71. The van der Waals surface area contributed by atoms with Gasteiger partial charge in [0.2, 0.25) is 5.79 Å². The van der Waals surface area contributed by atoms with E-state index in [1.807, 2.05) is 44.2 Å². The maximum absolute atomic E-state index is 13.8. The molecule has 0 saturated carbocycles. The van der Waals surface area contributed by atoms with E-state index in [0.29, 0.717) is 5.69 Å². The average molecular weight is 447 g/mol. The molecule has 2 N–H and O–H groups in total. The number of para-hydroxylation sites is 1. The predicted octanol–water partition coefficient (Wildman–Crippen LogP) is 2.44. The molecular weight excluding hydrogens is 422 g/mol. The monoisotopic (exact) mass is 447 g/mol. The van der Waals surface area contributed by atoms with E-state index in [1.54, 1.807) is 23.4 Å². The lowest BCUT2D eigenvalue weighted by molar-refractivity contribution is -0.145. The first kappa shape index (κ1) is 21.0. The number of fused-ring (bicyclic) bond motifs is 2. The Labute approximate surface area is 191 Å². The molecule has 5 rings (SSSR count). The number of carbonyl (C=O) groups is 2. The van der Waals surface area contributed by atoms with Gasteiger partial charge in [-0.25, -0.2) is 10.0 Å². The highest BCUT2D eigenvalue weighted by Gasteiger charge is 2.77. The second-order valence-corrected chi connectivity index (χ2v) is 8.74. The topological polar surface area (TPSA) is 99.8 Å². The lowest BCUT2D eigenvalue weighted by atomic mass is 9.57. The van der Waals surface area contributed by atoms with Crippen LogP contribution < -0.4 is 10.4 Å². The van der Waals surface area contributed by atoms with Gasteiger partial charge in [-0.2, -0.15) is 0 Å². The first-order chi connectivity index (χ1) is 15.8. The number of rotatable bonds is 5. The number of hydroxylamine groups is 1. The third kappa shape index (κ3) is 2.32. The van der Waals surface area contributed by atoms with Crippen LogP contribution in [-0.4, -0.2) is 46.7 Å². The molecule has 3 aliphatic heterocycles. The molecule has 1 spiro atoms. The predicted molar refractivity (Wildman–Crippen MR) is 121 cm³/mol. The van der Waals surface area contributed by atoms with Gasteiger partial charge in [0.15, 0.2) is 5.76 Å². The number of ether oxygens (including phenoxy) is 1. The zero-order valence-corrected chi connectivity index (χ0v) is 18.9. The molecule has 3 aliphatic rings. The molecule has 4 heterocycles. The van der Waals surface area contributed by atoms with Gasteiger partial charge in [0, 0.05) is 5.41 Å². The number of benzene rings is 1. The molecule has 0 radical (unpaired) electrons. The Balaban J connectivity index is 1.92. The van der Waals surface area contributed by atoms with E-state index in [4.69, 9.17) is 9.57 Å². The Bertz CT molecular complexity index is 1230. The number of imidazole rings is 1. The second kappa shape index (κ2) is 6.82. The van der Waals surface area contributed by atoms with Crippen LogP contribution in [0, 0.1) is 5.41 Å². The van der Waals surface area contributed by atoms with Crippen LogP contribution in [0.2, 0.25) is 0 Å². The molecular formula is C24H25N5O4. The van der Waals surface area contributed by atoms with Crippen molar-refractivity contribution in [2.75, 3.05) is 19.3 Å². The van der Waals surface area contributed by atoms with Crippen molar-refractivity contribution in [2.45, 2.75) is 25.0 Å². The SMILES string of the molecule is C=CC(C)(C)C12C=C(OC)C(=O)N3/C(=C/c4cnc[nH]4)C(=O)NC31N(OC)c1ccccc12. The fourth-order valence-electron chi connectivity index (χ4n) is 5.42. The highest BCUT2D eigenvalue weighted by molar-refractivity contribution is 6.10. The van der Waals surface area contributed by atoms with E-state index >= 15 is 0 Å². The zero-order chi connectivity index (χ0) is 23.6. The van der Waals surface area contributed by atoms with Gasteiger partial charge in [0.1, 0.15) is 5.70 Å². The van der Waals surface area contributed by atoms with E-state index in [-0.39, 0.29) is 11.5 Å². The minimum Gasteiger partial charge on any atom is -0.491 e. The number of hydrogen-bond acceptors (Lipinski definition) is 6. The molecule has 9 heteroatoms. The summed E-state index contributed by atoms with van der Waals surface area (Å²) >= 11 is 0. The second-order valence-electron chi connectivity index (χ2n) is 8.74. The summed E-state index contributed by atoms with van der Waals surface area (Å²) in [7, 11) is 2.97. The lowest BCUT2D eigenvalue weighted by Crippen LogP contribution is -2.76. The summed E-state index contributed by atoms with van der Waals surface area (Å²) in [6.07, 6.45) is 8.29. The molecule has 2 aromatic rings. The van der Waals surface area contributed by atoms with Gasteiger partial charge >= 0.3 is 0 Å². The number of amides is 2. The Morgan fingerprint density at radius 3 is 2.61 bits per heavy atom. The molecule has 2 atom stereocenters. The van der Waals surface area contributed by atoms with Crippen molar-refractivity contribution < 1.29 is 19.2 Å². The van der Waals surface area contributed by atoms with Gasteiger partial charge < -0.3 is 15.0 Å². The molecule has 1 aromatic carbocycles. The van der Waals surface area contributed by atoms with Crippen LogP contribution in [0.3, 0.4) is 0 Å². The summed E-state index contributed by atoms with van der Waals surface area (Å²) in [5.74, 6) is -2.21. The molecule has 2 unspecified atom stereocenters. The van der Waals surface area contributed by atoms with Crippen molar-refractivity contribution >= 4 is 23.6 Å². The number of anilines is 1. The number of methoxy groups -OCH3 is 1. The third-order valence-corrected chi connectivity index (χ3v) is 6.98. The van der Waals surface area contributed by atoms with Gasteiger partial charge in [0.25, 0.3) is 11.8 Å². The summed E-state index contributed by atoms with van der Waals surface area (Å²) in [5.41, 5.74) is 0.636. The Hall–Kier alpha value is -3.85. The van der Waals surface area contributed by atoms with E-state index in [0.717, 1.165) is 11.3 Å². The van der Waals surface area contributed by atoms with Crippen LogP contribution in [0.1, 0.15) is 25.1 Å². The molecule has 0 bridgehead atoms. The van der Waals surface area contributed by atoms with Crippen LogP contribution in [0.5, 0.6) is 0 Å². The minimum atomic E-state index is -1.44. The van der Waals surface area contributed by atoms with Gasteiger partial charge in [-0.1, -0.05) is 38.1 Å². The Morgan fingerprint density at radius 1 is 1.21 bits per heavy atom. The van der Waals surface area contributed by atoms with Crippen molar-refractivity contribution in [3.63, 3.8) is 0 Å². The number of nitrogens with zero attached hydrogens (tertiary/aromatic N) is 3. The van der Waals surface area contributed by atoms with Gasteiger partial charge in [0.05, 0.1) is 43.5 Å². The van der Waals surface area contributed by atoms with Crippen molar-refractivity contribution in [3.05, 3.63) is 78.2 Å². The van der Waals surface area contributed by atoms with Crippen molar-refractivity contribution in [2.24, 2.45) is 5.41 Å². The van der Waals surface area contributed by atoms with Gasteiger partial charge in [-0.05, 0) is 23.8 Å². The molecule has 9 nitrogen and oxygen atoms in total. The fourth-order valence-corrected chi connectivity index (χ4v) is 5.42. The zero-order valence-electron chi connectivity index (χ0n) is 18.9. The largest absolute Gasteiger partial charge is 0.491 e. The molecule has 1 saturated heterocycles. The van der Waals surface area contributed by atoms with E-state index in [1.165, 1.54) is 25.4 Å². The number of hydrogen-bond donors (Lipinski definition) is 2. The molecule has 1 fully saturated rings. The summed E-state index contributed by atoms with van der Waals surface area (Å²) < 4.78 is 5.57. The van der Waals surface area contributed by atoms with Crippen molar-refractivity contribution in [1.82, 2.24) is 20.2 Å². The number of allylic oxidation sites excluding steroid dienone is 1. The van der Waals surface area contributed by atoms with E-state index in [2.05, 4.69) is 21.9 Å². The fraction of sp³-hybridized carbons (Fsp3) is 0.292. The number of aromatic nitrogens is 2. The highest BCUT2D eigenvalue weighted by Crippen LogP contribution is 2.65. The number of nitrogens with one attached hydrogen (secondary N) is 2.